The smallest absolute Gasteiger partial charge is 0.257 e. The molecule has 0 atom stereocenters. The van der Waals surface area contributed by atoms with Crippen LogP contribution in [0.5, 0.6) is 5.75 Å². The van der Waals surface area contributed by atoms with Gasteiger partial charge in [-0.2, -0.15) is 0 Å². The summed E-state index contributed by atoms with van der Waals surface area (Å²) < 4.78 is 5.13. The molecule has 2 aromatic rings. The van der Waals surface area contributed by atoms with Crippen LogP contribution in [0, 0.1) is 0 Å². The Kier molecular flexibility index (Phi) is 7.12. The highest BCUT2D eigenvalue weighted by molar-refractivity contribution is 7.80. The average Bonchev–Trinajstić information content (AvgIpc) is 2.74. The minimum Gasteiger partial charge on any atom is -0.497 e. The summed E-state index contributed by atoms with van der Waals surface area (Å²) in [7, 11) is 1.54. The van der Waals surface area contributed by atoms with Gasteiger partial charge in [-0.25, -0.2) is 0 Å². The predicted molar refractivity (Wildman–Crippen MR) is 123 cm³/mol. The number of ether oxygens (including phenoxy) is 1. The standard InChI is InChI=1S/C21H23ClN4O3S/c1-14(27)25-8-10-26(11-9-25)19-7-6-16(13-18(19)22)23-21(30)24-20(28)15-4-3-5-17(12-15)29-2/h3-7,12-13H,8-11H2,1-2H3,(H2,23,24,28,30). The molecule has 0 saturated carbocycles. The molecule has 158 valence electrons. The van der Waals surface area contributed by atoms with E-state index in [1.165, 1.54) is 0 Å². The topological polar surface area (TPSA) is 73.9 Å². The number of thiocarbonyl (C=S) groups is 1. The van der Waals surface area contributed by atoms with Crippen molar-refractivity contribution >= 4 is 52.1 Å². The lowest BCUT2D eigenvalue weighted by molar-refractivity contribution is -0.129. The van der Waals surface area contributed by atoms with Gasteiger partial charge in [-0.05, 0) is 48.6 Å². The van der Waals surface area contributed by atoms with Gasteiger partial charge in [0, 0.05) is 44.4 Å². The van der Waals surface area contributed by atoms with E-state index in [1.54, 1.807) is 44.4 Å². The van der Waals surface area contributed by atoms with E-state index < -0.39 is 0 Å². The SMILES string of the molecule is COc1cccc(C(=O)NC(=S)Nc2ccc(N3CCN(C(C)=O)CC3)c(Cl)c2)c1. The van der Waals surface area contributed by atoms with E-state index in [9.17, 15) is 9.59 Å². The van der Waals surface area contributed by atoms with Crippen LogP contribution < -0.4 is 20.3 Å². The summed E-state index contributed by atoms with van der Waals surface area (Å²) in [5.74, 6) is 0.343. The first-order valence-electron chi connectivity index (χ1n) is 9.44. The third-order valence-electron chi connectivity index (χ3n) is 4.83. The summed E-state index contributed by atoms with van der Waals surface area (Å²) >= 11 is 11.7. The highest BCUT2D eigenvalue weighted by atomic mass is 35.5. The Morgan fingerprint density at radius 1 is 1.10 bits per heavy atom. The Morgan fingerprint density at radius 3 is 2.47 bits per heavy atom. The van der Waals surface area contributed by atoms with E-state index >= 15 is 0 Å². The van der Waals surface area contributed by atoms with Gasteiger partial charge in [0.1, 0.15) is 5.75 Å². The van der Waals surface area contributed by atoms with Gasteiger partial charge in [0.05, 0.1) is 17.8 Å². The quantitative estimate of drug-likeness (QED) is 0.703. The number of benzene rings is 2. The second-order valence-corrected chi connectivity index (χ2v) is 7.61. The monoisotopic (exact) mass is 446 g/mol. The fourth-order valence-electron chi connectivity index (χ4n) is 3.21. The molecule has 3 rings (SSSR count). The molecule has 0 aromatic heterocycles. The normalized spacial score (nSPS) is 13.6. The molecule has 7 nitrogen and oxygen atoms in total. The van der Waals surface area contributed by atoms with Crippen LogP contribution in [0.25, 0.3) is 0 Å². The van der Waals surface area contributed by atoms with E-state index in [0.717, 1.165) is 18.8 Å². The van der Waals surface area contributed by atoms with Crippen LogP contribution in [-0.4, -0.2) is 55.1 Å². The van der Waals surface area contributed by atoms with Crippen molar-refractivity contribution < 1.29 is 14.3 Å². The summed E-state index contributed by atoms with van der Waals surface area (Å²) in [5, 5.41) is 6.36. The number of carbonyl (C=O) groups excluding carboxylic acids is 2. The number of nitrogens with one attached hydrogen (secondary N) is 2. The van der Waals surface area contributed by atoms with E-state index in [0.29, 0.717) is 35.1 Å². The molecule has 30 heavy (non-hydrogen) atoms. The second kappa shape index (κ2) is 9.77. The Labute approximate surface area is 185 Å². The zero-order valence-corrected chi connectivity index (χ0v) is 18.3. The van der Waals surface area contributed by atoms with Crippen molar-refractivity contribution in [2.75, 3.05) is 43.5 Å². The molecular weight excluding hydrogens is 424 g/mol. The molecule has 1 heterocycles. The van der Waals surface area contributed by atoms with E-state index in [-0.39, 0.29) is 16.9 Å². The van der Waals surface area contributed by atoms with Crippen molar-refractivity contribution in [2.45, 2.75) is 6.92 Å². The van der Waals surface area contributed by atoms with Gasteiger partial charge in [0.15, 0.2) is 5.11 Å². The third kappa shape index (κ3) is 5.40. The van der Waals surface area contributed by atoms with Gasteiger partial charge in [-0.15, -0.1) is 0 Å². The second-order valence-electron chi connectivity index (χ2n) is 6.80. The van der Waals surface area contributed by atoms with Crippen LogP contribution in [0.3, 0.4) is 0 Å². The molecule has 9 heteroatoms. The Balaban J connectivity index is 1.59. The molecule has 2 N–H and O–H groups in total. The summed E-state index contributed by atoms with van der Waals surface area (Å²) in [4.78, 5) is 27.8. The number of methoxy groups -OCH3 is 1. The van der Waals surface area contributed by atoms with E-state index in [2.05, 4.69) is 15.5 Å². The molecule has 0 unspecified atom stereocenters. The maximum absolute atomic E-state index is 12.4. The Bertz CT molecular complexity index is 961. The Morgan fingerprint density at radius 2 is 1.83 bits per heavy atom. The van der Waals surface area contributed by atoms with Crippen molar-refractivity contribution in [1.82, 2.24) is 10.2 Å². The average molecular weight is 447 g/mol. The molecule has 0 aliphatic carbocycles. The highest BCUT2D eigenvalue weighted by Crippen LogP contribution is 2.29. The van der Waals surface area contributed by atoms with Gasteiger partial charge in [0.2, 0.25) is 5.91 Å². The largest absolute Gasteiger partial charge is 0.497 e. The molecule has 1 aliphatic rings. The van der Waals surface area contributed by atoms with E-state index in [1.807, 2.05) is 17.0 Å². The minimum atomic E-state index is -0.336. The molecular formula is C21H23ClN4O3S. The van der Waals surface area contributed by atoms with Crippen LogP contribution in [0.4, 0.5) is 11.4 Å². The first-order chi connectivity index (χ1) is 14.4. The first kappa shape index (κ1) is 21.9. The van der Waals surface area contributed by atoms with Crippen molar-refractivity contribution in [3.8, 4) is 5.75 Å². The number of piperazine rings is 1. The van der Waals surface area contributed by atoms with Gasteiger partial charge in [0.25, 0.3) is 5.91 Å². The van der Waals surface area contributed by atoms with Crippen molar-refractivity contribution in [3.05, 3.63) is 53.1 Å². The molecule has 2 aromatic carbocycles. The lowest BCUT2D eigenvalue weighted by atomic mass is 10.2. The van der Waals surface area contributed by atoms with E-state index in [4.69, 9.17) is 28.6 Å². The van der Waals surface area contributed by atoms with Crippen LogP contribution in [0.1, 0.15) is 17.3 Å². The molecule has 0 radical (unpaired) electrons. The number of halogens is 1. The summed E-state index contributed by atoms with van der Waals surface area (Å²) in [5.41, 5.74) is 2.01. The summed E-state index contributed by atoms with van der Waals surface area (Å²) in [6.07, 6.45) is 0. The van der Waals surface area contributed by atoms with Gasteiger partial charge >= 0.3 is 0 Å². The van der Waals surface area contributed by atoms with Crippen LogP contribution >= 0.6 is 23.8 Å². The van der Waals surface area contributed by atoms with Gasteiger partial charge in [-0.3, -0.25) is 14.9 Å². The third-order valence-corrected chi connectivity index (χ3v) is 5.34. The Hall–Kier alpha value is -2.84. The molecule has 0 bridgehead atoms. The van der Waals surface area contributed by atoms with Crippen LogP contribution in [-0.2, 0) is 4.79 Å². The lowest BCUT2D eigenvalue weighted by Gasteiger charge is -2.36. The fraction of sp³-hybridized carbons (Fsp3) is 0.286. The number of amides is 2. The molecule has 1 saturated heterocycles. The van der Waals surface area contributed by atoms with Gasteiger partial charge in [-0.1, -0.05) is 17.7 Å². The predicted octanol–water partition coefficient (Wildman–Crippen LogP) is 3.14. The van der Waals surface area contributed by atoms with Crippen molar-refractivity contribution in [3.63, 3.8) is 0 Å². The summed E-state index contributed by atoms with van der Waals surface area (Å²) in [6.45, 7) is 4.37. The van der Waals surface area contributed by atoms with Crippen molar-refractivity contribution in [2.24, 2.45) is 0 Å². The zero-order chi connectivity index (χ0) is 21.7. The maximum atomic E-state index is 12.4. The number of nitrogens with zero attached hydrogens (tertiary/aromatic N) is 2. The number of hydrogen-bond acceptors (Lipinski definition) is 5. The number of carbonyl (C=O) groups is 2. The lowest BCUT2D eigenvalue weighted by Crippen LogP contribution is -2.48. The zero-order valence-electron chi connectivity index (χ0n) is 16.8. The van der Waals surface area contributed by atoms with Crippen molar-refractivity contribution in [1.29, 1.82) is 0 Å². The number of rotatable bonds is 4. The molecule has 1 aliphatic heterocycles. The van der Waals surface area contributed by atoms with Crippen LogP contribution in [0.15, 0.2) is 42.5 Å². The first-order valence-corrected chi connectivity index (χ1v) is 10.2. The summed E-state index contributed by atoms with van der Waals surface area (Å²) in [6, 6.07) is 12.3. The minimum absolute atomic E-state index is 0.0878. The molecule has 2 amide bonds. The maximum Gasteiger partial charge on any atom is 0.257 e. The highest BCUT2D eigenvalue weighted by Gasteiger charge is 2.20. The number of hydrogen-bond donors (Lipinski definition) is 2. The van der Waals surface area contributed by atoms with Crippen LogP contribution in [0.2, 0.25) is 5.02 Å². The molecule has 1 fully saturated rings. The fourth-order valence-corrected chi connectivity index (χ4v) is 3.72. The van der Waals surface area contributed by atoms with Gasteiger partial charge < -0.3 is 19.9 Å². The molecule has 0 spiro atoms. The number of anilines is 2.